The number of hydrogen-bond acceptors (Lipinski definition) is 4. The van der Waals surface area contributed by atoms with Crippen LogP contribution in [0.3, 0.4) is 0 Å². The Balaban J connectivity index is 1.94. The Bertz CT molecular complexity index is 1070. The monoisotopic (exact) mass is 465 g/mol. The van der Waals surface area contributed by atoms with Gasteiger partial charge in [-0.25, -0.2) is 0 Å². The molecule has 0 aliphatic rings. The van der Waals surface area contributed by atoms with E-state index in [-0.39, 0.29) is 11.3 Å². The van der Waals surface area contributed by atoms with Crippen molar-refractivity contribution in [3.8, 4) is 17.2 Å². The van der Waals surface area contributed by atoms with E-state index in [1.807, 2.05) is 53.1 Å². The minimum Gasteiger partial charge on any atom is -0.489 e. The number of rotatable bonds is 15. The summed E-state index contributed by atoms with van der Waals surface area (Å²) >= 11 is 0. The van der Waals surface area contributed by atoms with Crippen LogP contribution in [0.2, 0.25) is 0 Å². The fourth-order valence-corrected chi connectivity index (χ4v) is 4.15. The number of benzene rings is 2. The lowest BCUT2D eigenvalue weighted by Gasteiger charge is -2.18. The molecule has 0 saturated heterocycles. The molecule has 34 heavy (non-hydrogen) atoms. The van der Waals surface area contributed by atoms with E-state index < -0.39 is 0 Å². The van der Waals surface area contributed by atoms with Crippen molar-refractivity contribution in [2.75, 3.05) is 13.7 Å². The lowest BCUT2D eigenvalue weighted by Crippen LogP contribution is -2.23. The molecule has 5 heteroatoms. The molecule has 5 nitrogen and oxygen atoms in total. The molecule has 3 aromatic rings. The molecule has 0 bridgehead atoms. The largest absolute Gasteiger partial charge is 0.489 e. The van der Waals surface area contributed by atoms with Gasteiger partial charge in [-0.15, -0.1) is 0 Å². The fourth-order valence-electron chi connectivity index (χ4n) is 4.15. The number of unbranched alkanes of at least 4 members (excludes halogenated alkanes) is 6. The van der Waals surface area contributed by atoms with Gasteiger partial charge < -0.3 is 18.8 Å². The van der Waals surface area contributed by atoms with Gasteiger partial charge in [0, 0.05) is 18.0 Å². The maximum absolute atomic E-state index is 13.4. The van der Waals surface area contributed by atoms with Crippen LogP contribution in [0.5, 0.6) is 17.2 Å². The Labute approximate surface area is 203 Å². The van der Waals surface area contributed by atoms with Gasteiger partial charge in [-0.2, -0.15) is 0 Å². The van der Waals surface area contributed by atoms with Gasteiger partial charge in [0.2, 0.25) is 5.75 Å². The molecule has 0 atom stereocenters. The van der Waals surface area contributed by atoms with E-state index in [0.29, 0.717) is 25.5 Å². The van der Waals surface area contributed by atoms with Gasteiger partial charge in [-0.1, -0.05) is 82.7 Å². The van der Waals surface area contributed by atoms with Crippen molar-refractivity contribution < 1.29 is 14.2 Å². The molecule has 0 unspecified atom stereocenters. The molecule has 0 fully saturated rings. The van der Waals surface area contributed by atoms with Crippen LogP contribution in [0, 0.1) is 0 Å². The Hall–Kier alpha value is -2.95. The highest BCUT2D eigenvalue weighted by molar-refractivity contribution is 5.89. The number of hydrogen-bond donors (Lipinski definition) is 0. The minimum absolute atomic E-state index is 0.143. The first-order valence-corrected chi connectivity index (χ1v) is 12.7. The molecule has 0 spiro atoms. The number of fused-ring (bicyclic) bond motifs is 1. The van der Waals surface area contributed by atoms with Crippen molar-refractivity contribution in [2.45, 2.75) is 78.4 Å². The smallest absolute Gasteiger partial charge is 0.297 e. The highest BCUT2D eigenvalue weighted by atomic mass is 16.5. The number of ether oxygens (including phenoxy) is 3. The summed E-state index contributed by atoms with van der Waals surface area (Å²) in [6.45, 7) is 6.06. The Morgan fingerprint density at radius 2 is 1.53 bits per heavy atom. The van der Waals surface area contributed by atoms with Crippen LogP contribution in [-0.4, -0.2) is 18.3 Å². The quantitative estimate of drug-likeness (QED) is 0.224. The van der Waals surface area contributed by atoms with E-state index in [1.54, 1.807) is 7.11 Å². The van der Waals surface area contributed by atoms with Gasteiger partial charge in [-0.05, 0) is 30.5 Å². The second-order valence-electron chi connectivity index (χ2n) is 8.74. The molecule has 0 aliphatic carbocycles. The van der Waals surface area contributed by atoms with E-state index in [1.165, 1.54) is 12.8 Å². The molecule has 1 aromatic heterocycles. The summed E-state index contributed by atoms with van der Waals surface area (Å²) in [4.78, 5) is 13.4. The molecule has 0 N–H and O–H groups in total. The summed E-state index contributed by atoms with van der Waals surface area (Å²) in [6.07, 6.45) is 8.77. The third-order valence-corrected chi connectivity index (χ3v) is 6.08. The molecule has 1 heterocycles. The van der Waals surface area contributed by atoms with Crippen molar-refractivity contribution in [3.63, 3.8) is 0 Å². The summed E-state index contributed by atoms with van der Waals surface area (Å²) in [5.74, 6) is 1.56. The van der Waals surface area contributed by atoms with E-state index in [0.717, 1.165) is 60.7 Å². The number of aryl methyl sites for hydroxylation is 1. The third-order valence-electron chi connectivity index (χ3n) is 6.08. The van der Waals surface area contributed by atoms with Crippen LogP contribution in [-0.2, 0) is 13.2 Å². The Morgan fingerprint density at radius 3 is 2.24 bits per heavy atom. The van der Waals surface area contributed by atoms with Crippen LogP contribution in [0.4, 0.5) is 0 Å². The molecule has 3 rings (SSSR count). The van der Waals surface area contributed by atoms with Crippen molar-refractivity contribution >= 4 is 10.9 Å². The van der Waals surface area contributed by atoms with E-state index in [9.17, 15) is 4.79 Å². The molecule has 2 aromatic carbocycles. The van der Waals surface area contributed by atoms with Gasteiger partial charge in [0.15, 0.2) is 5.75 Å². The zero-order valence-electron chi connectivity index (χ0n) is 21.0. The van der Waals surface area contributed by atoms with Crippen LogP contribution < -0.4 is 19.8 Å². The van der Waals surface area contributed by atoms with Crippen molar-refractivity contribution in [3.05, 3.63) is 64.4 Å². The molecule has 0 aliphatic heterocycles. The maximum Gasteiger partial charge on any atom is 0.297 e. The number of nitrogens with zero attached hydrogens (tertiary/aromatic N) is 1. The SMILES string of the molecule is CCCCCCOc1c(OC)c(=O)n(CCCCCC)c2cc(OCc3ccccc3)ccc12. The van der Waals surface area contributed by atoms with Gasteiger partial charge in [0.05, 0.1) is 19.2 Å². The Kier molecular flexibility index (Phi) is 10.3. The predicted octanol–water partition coefficient (Wildman–Crippen LogP) is 7.13. The standard InChI is InChI=1S/C29H39NO4/c1-4-6-8-13-19-30-26-21-24(34-22-23-15-11-10-12-16-23)17-18-25(26)27(28(32-3)29(30)31)33-20-14-9-7-5-2/h10-12,15-18,21H,4-9,13-14,19-20,22H2,1-3H3. The lowest BCUT2D eigenvalue weighted by atomic mass is 10.1. The molecule has 0 amide bonds. The summed E-state index contributed by atoms with van der Waals surface area (Å²) in [7, 11) is 1.55. The maximum atomic E-state index is 13.4. The zero-order valence-corrected chi connectivity index (χ0v) is 21.0. The average Bonchev–Trinajstić information content (AvgIpc) is 2.87. The second kappa shape index (κ2) is 13.7. The molecular formula is C29H39NO4. The first kappa shape index (κ1) is 25.7. The van der Waals surface area contributed by atoms with E-state index >= 15 is 0 Å². The molecule has 184 valence electrons. The first-order chi connectivity index (χ1) is 16.7. The normalized spacial score (nSPS) is 11.0. The molecule has 0 saturated carbocycles. The zero-order chi connectivity index (χ0) is 24.2. The third kappa shape index (κ3) is 6.78. The summed E-state index contributed by atoms with van der Waals surface area (Å²) in [5.41, 5.74) is 1.79. The van der Waals surface area contributed by atoms with Gasteiger partial charge in [0.1, 0.15) is 12.4 Å². The lowest BCUT2D eigenvalue weighted by molar-refractivity contribution is 0.285. The van der Waals surface area contributed by atoms with Crippen molar-refractivity contribution in [2.24, 2.45) is 0 Å². The van der Waals surface area contributed by atoms with Crippen LogP contribution in [0.15, 0.2) is 53.3 Å². The highest BCUT2D eigenvalue weighted by Gasteiger charge is 2.19. The minimum atomic E-state index is -0.143. The van der Waals surface area contributed by atoms with Gasteiger partial charge in [0.25, 0.3) is 5.56 Å². The first-order valence-electron chi connectivity index (χ1n) is 12.7. The average molecular weight is 466 g/mol. The van der Waals surface area contributed by atoms with Gasteiger partial charge >= 0.3 is 0 Å². The van der Waals surface area contributed by atoms with Crippen LogP contribution in [0.25, 0.3) is 10.9 Å². The number of methoxy groups -OCH3 is 1. The second-order valence-corrected chi connectivity index (χ2v) is 8.74. The molecular weight excluding hydrogens is 426 g/mol. The van der Waals surface area contributed by atoms with E-state index in [2.05, 4.69) is 13.8 Å². The van der Waals surface area contributed by atoms with Crippen molar-refractivity contribution in [1.29, 1.82) is 0 Å². The number of aromatic nitrogens is 1. The van der Waals surface area contributed by atoms with Crippen LogP contribution >= 0.6 is 0 Å². The van der Waals surface area contributed by atoms with Gasteiger partial charge in [-0.3, -0.25) is 4.79 Å². The van der Waals surface area contributed by atoms with E-state index in [4.69, 9.17) is 14.2 Å². The van der Waals surface area contributed by atoms with Crippen molar-refractivity contribution in [1.82, 2.24) is 4.57 Å². The molecule has 0 radical (unpaired) electrons. The predicted molar refractivity (Wildman–Crippen MR) is 139 cm³/mol. The summed E-state index contributed by atoms with van der Waals surface area (Å²) in [6, 6.07) is 16.0. The summed E-state index contributed by atoms with van der Waals surface area (Å²) in [5, 5.41) is 0.884. The fraction of sp³-hybridized carbons (Fsp3) is 0.483. The Morgan fingerprint density at radius 1 is 0.794 bits per heavy atom. The van der Waals surface area contributed by atoms with Crippen LogP contribution in [0.1, 0.15) is 70.8 Å². The number of pyridine rings is 1. The highest BCUT2D eigenvalue weighted by Crippen LogP contribution is 2.35. The topological polar surface area (TPSA) is 49.7 Å². The summed E-state index contributed by atoms with van der Waals surface area (Å²) < 4.78 is 19.6.